The molecule has 0 bridgehead atoms. The Bertz CT molecular complexity index is 144. The van der Waals surface area contributed by atoms with Gasteiger partial charge >= 0.3 is 6.09 Å². The Morgan fingerprint density at radius 1 is 1.55 bits per heavy atom. The molecule has 0 aromatic heterocycles. The Balaban J connectivity index is 4.01. The summed E-state index contributed by atoms with van der Waals surface area (Å²) in [6.45, 7) is 2.93. The van der Waals surface area contributed by atoms with Gasteiger partial charge in [0.05, 0.1) is 12.6 Å². The van der Waals surface area contributed by atoms with Crippen molar-refractivity contribution in [2.45, 2.75) is 25.7 Å². The van der Waals surface area contributed by atoms with Gasteiger partial charge in [0.2, 0.25) is 0 Å². The van der Waals surface area contributed by atoms with Crippen molar-refractivity contribution in [2.75, 3.05) is 7.11 Å². The zero-order chi connectivity index (χ0) is 9.07. The molecule has 0 atom stereocenters. The number of aliphatic hydroxyl groups is 2. The molecule has 1 amide bonds. The fraction of sp³-hybridized carbons (Fsp3) is 0.833. The second kappa shape index (κ2) is 3.54. The molecule has 0 fully saturated rings. The second-order valence-electron chi connectivity index (χ2n) is 2.71. The van der Waals surface area contributed by atoms with Crippen LogP contribution >= 0.6 is 0 Å². The van der Waals surface area contributed by atoms with Crippen LogP contribution in [0.5, 0.6) is 0 Å². The average Bonchev–Trinajstić information content (AvgIpc) is 1.86. The summed E-state index contributed by atoms with van der Waals surface area (Å²) in [5, 5.41) is 19.7. The summed E-state index contributed by atoms with van der Waals surface area (Å²) in [4.78, 5) is 10.6. The van der Waals surface area contributed by atoms with E-state index < -0.39 is 17.9 Å². The lowest BCUT2D eigenvalue weighted by Crippen LogP contribution is -2.52. The SMILES string of the molecule is COC(=O)NC(C)(C)C(O)O. The van der Waals surface area contributed by atoms with Gasteiger partial charge in [-0.2, -0.15) is 0 Å². The minimum absolute atomic E-state index is 0.692. The van der Waals surface area contributed by atoms with Crippen molar-refractivity contribution in [3.05, 3.63) is 0 Å². The normalized spacial score (nSPS) is 11.5. The molecule has 0 rings (SSSR count). The molecule has 0 unspecified atom stereocenters. The molecule has 0 aliphatic rings. The molecule has 0 spiro atoms. The van der Waals surface area contributed by atoms with Crippen molar-refractivity contribution in [1.82, 2.24) is 5.32 Å². The van der Waals surface area contributed by atoms with E-state index in [0.717, 1.165) is 0 Å². The zero-order valence-corrected chi connectivity index (χ0v) is 6.79. The molecule has 0 aromatic rings. The molecule has 0 aromatic carbocycles. The van der Waals surface area contributed by atoms with E-state index >= 15 is 0 Å². The van der Waals surface area contributed by atoms with Gasteiger partial charge in [0.1, 0.15) is 0 Å². The maximum atomic E-state index is 10.6. The van der Waals surface area contributed by atoms with Gasteiger partial charge in [-0.25, -0.2) is 4.79 Å². The molecular weight excluding hydrogens is 150 g/mol. The summed E-state index contributed by atoms with van der Waals surface area (Å²) < 4.78 is 4.26. The van der Waals surface area contributed by atoms with Crippen LogP contribution in [0.1, 0.15) is 13.8 Å². The molecule has 0 heterocycles. The molecule has 11 heavy (non-hydrogen) atoms. The fourth-order valence-electron chi connectivity index (χ4n) is 0.379. The molecule has 0 saturated heterocycles. The van der Waals surface area contributed by atoms with Gasteiger partial charge in [0.15, 0.2) is 6.29 Å². The van der Waals surface area contributed by atoms with E-state index in [9.17, 15) is 4.79 Å². The van der Waals surface area contributed by atoms with Gasteiger partial charge in [0.25, 0.3) is 0 Å². The minimum atomic E-state index is -1.61. The van der Waals surface area contributed by atoms with Crippen LogP contribution in [0.2, 0.25) is 0 Å². The second-order valence-corrected chi connectivity index (χ2v) is 2.71. The maximum absolute atomic E-state index is 10.6. The molecule has 0 radical (unpaired) electrons. The van der Waals surface area contributed by atoms with E-state index in [0.29, 0.717) is 0 Å². The number of amides is 1. The summed E-state index contributed by atoms with van der Waals surface area (Å²) in [6.07, 6.45) is -2.30. The van der Waals surface area contributed by atoms with E-state index in [1.807, 2.05) is 0 Å². The largest absolute Gasteiger partial charge is 0.453 e. The molecular formula is C6H13NO4. The highest BCUT2D eigenvalue weighted by Gasteiger charge is 2.27. The molecule has 3 N–H and O–H groups in total. The van der Waals surface area contributed by atoms with E-state index in [1.54, 1.807) is 0 Å². The first-order chi connectivity index (χ1) is 4.90. The van der Waals surface area contributed by atoms with E-state index in [2.05, 4.69) is 10.1 Å². The quantitative estimate of drug-likeness (QED) is 0.476. The maximum Gasteiger partial charge on any atom is 0.407 e. The summed E-state index contributed by atoms with van der Waals surface area (Å²) in [5.41, 5.74) is -1.09. The standard InChI is InChI=1S/C6H13NO4/c1-6(2,4(8)9)7-5(10)11-3/h4,8-9H,1-3H3,(H,7,10). The minimum Gasteiger partial charge on any atom is -0.453 e. The van der Waals surface area contributed by atoms with Crippen molar-refractivity contribution in [2.24, 2.45) is 0 Å². The van der Waals surface area contributed by atoms with Crippen LogP contribution in [0, 0.1) is 0 Å². The van der Waals surface area contributed by atoms with E-state index in [1.165, 1.54) is 21.0 Å². The number of methoxy groups -OCH3 is 1. The lowest BCUT2D eigenvalue weighted by Gasteiger charge is -2.26. The van der Waals surface area contributed by atoms with Crippen molar-refractivity contribution >= 4 is 6.09 Å². The number of carbonyl (C=O) groups excluding carboxylic acids is 1. The van der Waals surface area contributed by atoms with Crippen molar-refractivity contribution in [3.8, 4) is 0 Å². The van der Waals surface area contributed by atoms with Gasteiger partial charge in [-0.05, 0) is 13.8 Å². The lowest BCUT2D eigenvalue weighted by atomic mass is 10.1. The zero-order valence-electron chi connectivity index (χ0n) is 6.79. The number of carbonyl (C=O) groups is 1. The smallest absolute Gasteiger partial charge is 0.407 e. The Morgan fingerprint density at radius 3 is 2.27 bits per heavy atom. The molecule has 5 heteroatoms. The monoisotopic (exact) mass is 163 g/mol. The fourth-order valence-corrected chi connectivity index (χ4v) is 0.379. The van der Waals surface area contributed by atoms with Crippen LogP contribution in [0.15, 0.2) is 0 Å². The lowest BCUT2D eigenvalue weighted by molar-refractivity contribution is -0.0947. The number of aliphatic hydroxyl groups excluding tert-OH is 1. The number of hydrogen-bond donors (Lipinski definition) is 3. The summed E-state index contributed by atoms with van der Waals surface area (Å²) in [6, 6.07) is 0. The van der Waals surface area contributed by atoms with Crippen LogP contribution < -0.4 is 5.32 Å². The first-order valence-electron chi connectivity index (χ1n) is 3.12. The Hall–Kier alpha value is -0.810. The Kier molecular flexibility index (Phi) is 3.28. The van der Waals surface area contributed by atoms with Crippen LogP contribution in [0.3, 0.4) is 0 Å². The predicted molar refractivity (Wildman–Crippen MR) is 37.8 cm³/mol. The van der Waals surface area contributed by atoms with Crippen LogP contribution in [-0.4, -0.2) is 35.2 Å². The predicted octanol–water partition coefficient (Wildman–Crippen LogP) is -0.568. The number of rotatable bonds is 2. The van der Waals surface area contributed by atoms with E-state index in [4.69, 9.17) is 10.2 Å². The van der Waals surface area contributed by atoms with Crippen molar-refractivity contribution in [1.29, 1.82) is 0 Å². The summed E-state index contributed by atoms with van der Waals surface area (Å²) in [5.74, 6) is 0. The first-order valence-corrected chi connectivity index (χ1v) is 3.12. The number of hydrogen-bond acceptors (Lipinski definition) is 4. The van der Waals surface area contributed by atoms with Gasteiger partial charge in [-0.3, -0.25) is 0 Å². The third-order valence-electron chi connectivity index (χ3n) is 1.26. The van der Waals surface area contributed by atoms with E-state index in [-0.39, 0.29) is 0 Å². The highest BCUT2D eigenvalue weighted by molar-refractivity contribution is 5.67. The van der Waals surface area contributed by atoms with Gasteiger partial charge in [0, 0.05) is 0 Å². The molecule has 66 valence electrons. The molecule has 0 aliphatic carbocycles. The van der Waals surface area contributed by atoms with Crippen molar-refractivity contribution in [3.63, 3.8) is 0 Å². The number of alkyl carbamates (subject to hydrolysis) is 1. The third-order valence-corrected chi connectivity index (χ3v) is 1.26. The van der Waals surface area contributed by atoms with Gasteiger partial charge in [-0.1, -0.05) is 0 Å². The van der Waals surface area contributed by atoms with Crippen LogP contribution in [0.25, 0.3) is 0 Å². The van der Waals surface area contributed by atoms with Crippen LogP contribution in [0.4, 0.5) is 4.79 Å². The summed E-state index contributed by atoms with van der Waals surface area (Å²) >= 11 is 0. The Morgan fingerprint density at radius 2 is 2.00 bits per heavy atom. The third kappa shape index (κ3) is 3.20. The van der Waals surface area contributed by atoms with Gasteiger partial charge in [-0.15, -0.1) is 0 Å². The van der Waals surface area contributed by atoms with Crippen LogP contribution in [-0.2, 0) is 4.74 Å². The first kappa shape index (κ1) is 10.2. The average molecular weight is 163 g/mol. The van der Waals surface area contributed by atoms with Crippen molar-refractivity contribution < 1.29 is 19.7 Å². The molecule has 5 nitrogen and oxygen atoms in total. The number of nitrogens with one attached hydrogen (secondary N) is 1. The van der Waals surface area contributed by atoms with Gasteiger partial charge < -0.3 is 20.3 Å². The molecule has 0 saturated carbocycles. The topological polar surface area (TPSA) is 78.8 Å². The highest BCUT2D eigenvalue weighted by Crippen LogP contribution is 2.05. The highest BCUT2D eigenvalue weighted by atomic mass is 16.5. The summed E-state index contributed by atoms with van der Waals surface area (Å²) in [7, 11) is 1.20. The Labute approximate surface area is 65.0 Å². The number of ether oxygens (including phenoxy) is 1. The molecule has 0 aliphatic heterocycles.